The van der Waals surface area contributed by atoms with Gasteiger partial charge in [-0.25, -0.2) is 15.0 Å². The minimum atomic E-state index is 0.626. The third-order valence-electron chi connectivity index (χ3n) is 11.1. The van der Waals surface area contributed by atoms with Crippen LogP contribution in [0.4, 0.5) is 0 Å². The molecule has 0 bridgehead atoms. The van der Waals surface area contributed by atoms with Crippen molar-refractivity contribution in [2.24, 2.45) is 0 Å². The van der Waals surface area contributed by atoms with Crippen LogP contribution in [0.2, 0.25) is 0 Å². The lowest BCUT2D eigenvalue weighted by Crippen LogP contribution is -2.01. The number of benzene rings is 9. The molecule has 0 N–H and O–H groups in total. The maximum absolute atomic E-state index is 5.25. The molecule has 3 nitrogen and oxygen atoms in total. The Hall–Kier alpha value is -7.53. The Kier molecular flexibility index (Phi) is 8.68. The molecule has 59 heavy (non-hydrogen) atoms. The van der Waals surface area contributed by atoms with Gasteiger partial charge >= 0.3 is 0 Å². The van der Waals surface area contributed by atoms with Gasteiger partial charge in [-0.3, -0.25) is 0 Å². The van der Waals surface area contributed by atoms with Crippen LogP contribution in [0.1, 0.15) is 0 Å². The zero-order chi connectivity index (χ0) is 39.1. The lowest BCUT2D eigenvalue weighted by molar-refractivity contribution is 1.07. The Morgan fingerprint density at radius 3 is 1.49 bits per heavy atom. The van der Waals surface area contributed by atoms with Crippen LogP contribution < -0.4 is 0 Å². The van der Waals surface area contributed by atoms with E-state index in [2.05, 4.69) is 212 Å². The molecule has 0 saturated heterocycles. The van der Waals surface area contributed by atoms with Gasteiger partial charge in [0.2, 0.25) is 0 Å². The highest BCUT2D eigenvalue weighted by Gasteiger charge is 2.17. The number of hydrogen-bond acceptors (Lipinski definition) is 4. The summed E-state index contributed by atoms with van der Waals surface area (Å²) in [5.41, 5.74) is 12.1. The molecule has 11 aromatic rings. The Bertz CT molecular complexity index is 3320. The van der Waals surface area contributed by atoms with Gasteiger partial charge in [0.15, 0.2) is 17.5 Å². The predicted molar refractivity (Wildman–Crippen MR) is 248 cm³/mol. The van der Waals surface area contributed by atoms with Crippen molar-refractivity contribution in [3.05, 3.63) is 212 Å². The summed E-state index contributed by atoms with van der Waals surface area (Å²) in [4.78, 5) is 15.7. The molecular formula is C55H35N3S. The van der Waals surface area contributed by atoms with E-state index in [-0.39, 0.29) is 0 Å². The first kappa shape index (κ1) is 34.7. The van der Waals surface area contributed by atoms with Crippen LogP contribution in [0.25, 0.3) is 110 Å². The summed E-state index contributed by atoms with van der Waals surface area (Å²) in [5, 5.41) is 4.88. The first-order chi connectivity index (χ1) is 29.2. The van der Waals surface area contributed by atoms with Crippen LogP contribution >= 0.6 is 11.3 Å². The first-order valence-corrected chi connectivity index (χ1v) is 20.7. The SMILES string of the molecule is c1ccc(-c2ccc(-c3nc(-c4cccc(-c5ccc6c(-c7ccccc7)cccc6c5)c4)nc(-c4ccc5sc6ccccc6c5c4)n3)cc2-c2ccccc2)cc1. The van der Waals surface area contributed by atoms with E-state index in [1.54, 1.807) is 0 Å². The minimum absolute atomic E-state index is 0.626. The van der Waals surface area contributed by atoms with Gasteiger partial charge in [0.25, 0.3) is 0 Å². The quantitative estimate of drug-likeness (QED) is 0.162. The largest absolute Gasteiger partial charge is 0.208 e. The Balaban J connectivity index is 1.07. The maximum Gasteiger partial charge on any atom is 0.164 e. The zero-order valence-corrected chi connectivity index (χ0v) is 32.8. The normalized spacial score (nSPS) is 11.4. The van der Waals surface area contributed by atoms with E-state index in [0.29, 0.717) is 17.5 Å². The third-order valence-corrected chi connectivity index (χ3v) is 12.3. The first-order valence-electron chi connectivity index (χ1n) is 19.8. The van der Waals surface area contributed by atoms with Gasteiger partial charge in [-0.1, -0.05) is 170 Å². The van der Waals surface area contributed by atoms with Gasteiger partial charge in [0.1, 0.15) is 0 Å². The minimum Gasteiger partial charge on any atom is -0.208 e. The lowest BCUT2D eigenvalue weighted by atomic mass is 9.92. The van der Waals surface area contributed by atoms with E-state index in [9.17, 15) is 0 Å². The molecule has 0 saturated carbocycles. The second kappa shape index (κ2) is 14.8. The van der Waals surface area contributed by atoms with E-state index in [1.807, 2.05) is 11.3 Å². The lowest BCUT2D eigenvalue weighted by Gasteiger charge is -2.14. The van der Waals surface area contributed by atoms with Gasteiger partial charge < -0.3 is 0 Å². The summed E-state index contributed by atoms with van der Waals surface area (Å²) in [6, 6.07) is 75.3. The molecule has 2 aromatic heterocycles. The van der Waals surface area contributed by atoms with Crippen molar-refractivity contribution < 1.29 is 0 Å². The summed E-state index contributed by atoms with van der Waals surface area (Å²) in [7, 11) is 0. The van der Waals surface area contributed by atoms with Gasteiger partial charge in [0, 0.05) is 36.9 Å². The second-order valence-electron chi connectivity index (χ2n) is 14.8. The molecule has 0 aliphatic carbocycles. The highest BCUT2D eigenvalue weighted by Crippen LogP contribution is 2.39. The number of hydrogen-bond donors (Lipinski definition) is 0. The fourth-order valence-corrected chi connectivity index (χ4v) is 9.29. The van der Waals surface area contributed by atoms with Crippen LogP contribution in [0, 0.1) is 0 Å². The number of aromatic nitrogens is 3. The summed E-state index contributed by atoms with van der Waals surface area (Å²) < 4.78 is 2.51. The molecule has 0 unspecified atom stereocenters. The maximum atomic E-state index is 5.25. The molecule has 0 fully saturated rings. The molecule has 276 valence electrons. The summed E-state index contributed by atoms with van der Waals surface area (Å²) in [6.07, 6.45) is 0. The fraction of sp³-hybridized carbons (Fsp3) is 0. The molecule has 0 spiro atoms. The number of nitrogens with zero attached hydrogens (tertiary/aromatic N) is 3. The van der Waals surface area contributed by atoms with Crippen molar-refractivity contribution >= 4 is 42.3 Å². The fourth-order valence-electron chi connectivity index (χ4n) is 8.21. The molecule has 0 aliphatic heterocycles. The molecular weight excluding hydrogens is 735 g/mol. The van der Waals surface area contributed by atoms with Gasteiger partial charge in [-0.15, -0.1) is 11.3 Å². The Morgan fingerprint density at radius 2 is 0.763 bits per heavy atom. The highest BCUT2D eigenvalue weighted by atomic mass is 32.1. The molecule has 4 heteroatoms. The smallest absolute Gasteiger partial charge is 0.164 e. The van der Waals surface area contributed by atoms with Gasteiger partial charge in [0.05, 0.1) is 0 Å². The topological polar surface area (TPSA) is 38.7 Å². The summed E-state index contributed by atoms with van der Waals surface area (Å²) in [6.45, 7) is 0. The van der Waals surface area contributed by atoms with Crippen molar-refractivity contribution in [1.82, 2.24) is 15.0 Å². The molecule has 9 aromatic carbocycles. The van der Waals surface area contributed by atoms with E-state index >= 15 is 0 Å². The Morgan fingerprint density at radius 1 is 0.254 bits per heavy atom. The van der Waals surface area contributed by atoms with Crippen molar-refractivity contribution in [2.75, 3.05) is 0 Å². The van der Waals surface area contributed by atoms with Crippen LogP contribution in [-0.4, -0.2) is 15.0 Å². The van der Waals surface area contributed by atoms with Crippen molar-refractivity contribution in [1.29, 1.82) is 0 Å². The third kappa shape index (κ3) is 6.56. The zero-order valence-electron chi connectivity index (χ0n) is 32.0. The van der Waals surface area contributed by atoms with Crippen LogP contribution in [0.3, 0.4) is 0 Å². The van der Waals surface area contributed by atoms with Gasteiger partial charge in [-0.2, -0.15) is 0 Å². The van der Waals surface area contributed by atoms with E-state index in [0.717, 1.165) is 50.1 Å². The van der Waals surface area contributed by atoms with E-state index < -0.39 is 0 Å². The predicted octanol–water partition coefficient (Wildman–Crippen LogP) is 15.1. The van der Waals surface area contributed by atoms with Crippen LogP contribution in [0.5, 0.6) is 0 Å². The molecule has 11 rings (SSSR count). The number of rotatable bonds is 7. The second-order valence-corrected chi connectivity index (χ2v) is 15.9. The van der Waals surface area contributed by atoms with Crippen molar-refractivity contribution in [3.63, 3.8) is 0 Å². The summed E-state index contributed by atoms with van der Waals surface area (Å²) in [5.74, 6) is 1.89. The molecule has 2 heterocycles. The number of thiophene rings is 1. The summed E-state index contributed by atoms with van der Waals surface area (Å²) >= 11 is 1.81. The standard InChI is InChI=1S/C55H35N3S/c1-4-14-36(15-5-1)45-24-13-21-41-32-40(26-29-47(41)45)39-20-12-22-42(33-39)53-56-54(58-55(57-53)44-28-31-52-50(35-44)48-23-10-11-25-51(48)59-52)43-27-30-46(37-16-6-2-7-17-37)49(34-43)38-18-8-3-9-19-38/h1-35H. The average Bonchev–Trinajstić information content (AvgIpc) is 3.70. The molecule has 0 atom stereocenters. The average molecular weight is 770 g/mol. The van der Waals surface area contributed by atoms with Crippen LogP contribution in [0.15, 0.2) is 212 Å². The van der Waals surface area contributed by atoms with Crippen molar-refractivity contribution in [2.45, 2.75) is 0 Å². The monoisotopic (exact) mass is 769 g/mol. The molecule has 0 aliphatic rings. The molecule has 0 radical (unpaired) electrons. The molecule has 0 amide bonds. The van der Waals surface area contributed by atoms with Crippen LogP contribution in [-0.2, 0) is 0 Å². The van der Waals surface area contributed by atoms with Gasteiger partial charge in [-0.05, 0) is 97.7 Å². The Labute approximate surface area is 346 Å². The number of fused-ring (bicyclic) bond motifs is 4. The highest BCUT2D eigenvalue weighted by molar-refractivity contribution is 7.25. The van der Waals surface area contributed by atoms with E-state index in [1.165, 1.54) is 42.1 Å². The van der Waals surface area contributed by atoms with E-state index in [4.69, 9.17) is 15.0 Å². The van der Waals surface area contributed by atoms with Crippen molar-refractivity contribution in [3.8, 4) is 78.7 Å².